The highest BCUT2D eigenvalue weighted by Crippen LogP contribution is 2.38. The zero-order valence-electron chi connectivity index (χ0n) is 20.1. The summed E-state index contributed by atoms with van der Waals surface area (Å²) >= 11 is 0. The summed E-state index contributed by atoms with van der Waals surface area (Å²) in [6.45, 7) is 8.88. The van der Waals surface area contributed by atoms with Crippen molar-refractivity contribution in [1.82, 2.24) is 9.29 Å². The van der Waals surface area contributed by atoms with E-state index in [9.17, 15) is 8.42 Å². The maximum atomic E-state index is 13.5. The summed E-state index contributed by atoms with van der Waals surface area (Å²) in [6, 6.07) is 21.1. The Labute approximate surface area is 201 Å². The highest BCUT2D eigenvalue weighted by atomic mass is 32.2. The molecule has 0 amide bonds. The normalized spacial score (nSPS) is 17.5. The molecule has 0 N–H and O–H groups in total. The van der Waals surface area contributed by atoms with Gasteiger partial charge in [0.1, 0.15) is 11.6 Å². The number of hydrogen-bond acceptors (Lipinski definition) is 4. The molecule has 5 nitrogen and oxygen atoms in total. The molecule has 0 unspecified atom stereocenters. The summed E-state index contributed by atoms with van der Waals surface area (Å²) in [4.78, 5) is 5.04. The second-order valence-corrected chi connectivity index (χ2v) is 12.0. The van der Waals surface area contributed by atoms with E-state index in [1.165, 1.54) is 5.56 Å². The molecule has 0 aliphatic carbocycles. The van der Waals surface area contributed by atoms with Crippen LogP contribution in [0.4, 0.5) is 0 Å². The fraction of sp³-hybridized carbons (Fsp3) is 0.321. The van der Waals surface area contributed by atoms with E-state index in [4.69, 9.17) is 9.40 Å². The molecule has 1 aliphatic rings. The predicted molar refractivity (Wildman–Crippen MR) is 135 cm³/mol. The monoisotopic (exact) mass is 474 g/mol. The molecule has 1 aromatic heterocycles. The molecule has 6 heteroatoms. The predicted octanol–water partition coefficient (Wildman–Crippen LogP) is 6.63. The van der Waals surface area contributed by atoms with E-state index in [2.05, 4.69) is 45.9 Å². The van der Waals surface area contributed by atoms with E-state index in [0.29, 0.717) is 29.3 Å². The molecule has 176 valence electrons. The zero-order valence-corrected chi connectivity index (χ0v) is 20.9. The lowest BCUT2D eigenvalue weighted by Gasteiger charge is -2.23. The van der Waals surface area contributed by atoms with Gasteiger partial charge in [-0.25, -0.2) is 13.4 Å². The topological polar surface area (TPSA) is 63.4 Å². The number of rotatable bonds is 4. The molecule has 34 heavy (non-hydrogen) atoms. The van der Waals surface area contributed by atoms with Crippen molar-refractivity contribution in [1.29, 1.82) is 0 Å². The van der Waals surface area contributed by atoms with E-state index in [0.717, 1.165) is 28.6 Å². The lowest BCUT2D eigenvalue weighted by atomic mass is 9.87. The SMILES string of the molecule is Cc1cccc(-c2ccc3oc([C@H]4CCCN4S(=O)(=O)c4ccc(C(C)(C)C)cc4)nc3c2)c1. The van der Waals surface area contributed by atoms with Crippen molar-refractivity contribution in [2.75, 3.05) is 6.54 Å². The average Bonchev–Trinajstić information content (AvgIpc) is 3.45. The summed E-state index contributed by atoms with van der Waals surface area (Å²) in [5.41, 5.74) is 5.86. The summed E-state index contributed by atoms with van der Waals surface area (Å²) in [7, 11) is -3.66. The summed E-state index contributed by atoms with van der Waals surface area (Å²) in [6.07, 6.45) is 1.47. The van der Waals surface area contributed by atoms with E-state index in [1.54, 1.807) is 16.4 Å². The second kappa shape index (κ2) is 8.36. The molecule has 4 aromatic rings. The van der Waals surface area contributed by atoms with Gasteiger partial charge in [0.2, 0.25) is 15.9 Å². The van der Waals surface area contributed by atoms with E-state index in [1.807, 2.05) is 36.4 Å². The smallest absolute Gasteiger partial charge is 0.243 e. The van der Waals surface area contributed by atoms with Gasteiger partial charge in [-0.2, -0.15) is 4.31 Å². The number of fused-ring (bicyclic) bond motifs is 1. The Balaban J connectivity index is 1.46. The van der Waals surface area contributed by atoms with Crippen LogP contribution < -0.4 is 0 Å². The fourth-order valence-electron chi connectivity index (χ4n) is 4.63. The molecule has 0 radical (unpaired) electrons. The van der Waals surface area contributed by atoms with E-state index < -0.39 is 16.1 Å². The number of benzene rings is 3. The van der Waals surface area contributed by atoms with Gasteiger partial charge in [0, 0.05) is 6.54 Å². The van der Waals surface area contributed by atoms with Gasteiger partial charge in [-0.3, -0.25) is 0 Å². The average molecular weight is 475 g/mol. The number of sulfonamides is 1. The van der Waals surface area contributed by atoms with Crippen molar-refractivity contribution in [3.63, 3.8) is 0 Å². The minimum atomic E-state index is -3.66. The van der Waals surface area contributed by atoms with Crippen LogP contribution in [0, 0.1) is 6.92 Å². The van der Waals surface area contributed by atoms with Gasteiger partial charge in [-0.1, -0.05) is 68.8 Å². The van der Waals surface area contributed by atoms with Crippen molar-refractivity contribution in [3.8, 4) is 11.1 Å². The van der Waals surface area contributed by atoms with Crippen LogP contribution in [0.25, 0.3) is 22.2 Å². The minimum Gasteiger partial charge on any atom is -0.439 e. The lowest BCUT2D eigenvalue weighted by Crippen LogP contribution is -2.31. The quantitative estimate of drug-likeness (QED) is 0.333. The van der Waals surface area contributed by atoms with Crippen molar-refractivity contribution < 1.29 is 12.8 Å². The molecule has 3 aromatic carbocycles. The van der Waals surface area contributed by atoms with Crippen LogP contribution in [0.5, 0.6) is 0 Å². The summed E-state index contributed by atoms with van der Waals surface area (Å²) in [5, 5.41) is 0. The van der Waals surface area contributed by atoms with E-state index in [-0.39, 0.29) is 5.41 Å². The Kier molecular flexibility index (Phi) is 5.61. The zero-order chi connectivity index (χ0) is 24.1. The van der Waals surface area contributed by atoms with Gasteiger partial charge < -0.3 is 4.42 Å². The highest BCUT2D eigenvalue weighted by molar-refractivity contribution is 7.89. The van der Waals surface area contributed by atoms with Crippen molar-refractivity contribution in [2.45, 2.75) is 56.9 Å². The third-order valence-corrected chi connectivity index (χ3v) is 8.49. The van der Waals surface area contributed by atoms with Crippen molar-refractivity contribution in [2.24, 2.45) is 0 Å². The van der Waals surface area contributed by atoms with E-state index >= 15 is 0 Å². The third-order valence-electron chi connectivity index (χ3n) is 6.57. The molecular weight excluding hydrogens is 444 g/mol. The third kappa shape index (κ3) is 4.17. The fourth-order valence-corrected chi connectivity index (χ4v) is 6.28. The summed E-state index contributed by atoms with van der Waals surface area (Å²) in [5.74, 6) is 0.462. The van der Waals surface area contributed by atoms with Gasteiger partial charge in [0.25, 0.3) is 0 Å². The molecule has 0 saturated carbocycles. The van der Waals surface area contributed by atoms with Crippen LogP contribution >= 0.6 is 0 Å². The molecule has 1 saturated heterocycles. The highest BCUT2D eigenvalue weighted by Gasteiger charge is 2.39. The maximum Gasteiger partial charge on any atom is 0.243 e. The van der Waals surface area contributed by atoms with Gasteiger partial charge in [0.05, 0.1) is 4.90 Å². The Morgan fingerprint density at radius 2 is 1.71 bits per heavy atom. The number of aromatic nitrogens is 1. The molecule has 2 heterocycles. The molecule has 5 rings (SSSR count). The standard InChI is InChI=1S/C28H30N2O3S/c1-19-7-5-8-20(17-19)21-10-15-26-24(18-21)29-27(33-26)25-9-6-16-30(25)34(31,32)23-13-11-22(12-14-23)28(2,3)4/h5,7-8,10-15,17-18,25H,6,9,16H2,1-4H3/t25-/m1/s1. The van der Waals surface area contributed by atoms with Crippen LogP contribution in [0.3, 0.4) is 0 Å². The number of hydrogen-bond donors (Lipinski definition) is 0. The van der Waals surface area contributed by atoms with Crippen LogP contribution in [0.2, 0.25) is 0 Å². The molecule has 1 atom stereocenters. The molecule has 1 fully saturated rings. The molecule has 0 bridgehead atoms. The largest absolute Gasteiger partial charge is 0.439 e. The number of oxazole rings is 1. The first-order valence-corrected chi connectivity index (χ1v) is 13.2. The minimum absolute atomic E-state index is 0.0338. The van der Waals surface area contributed by atoms with Gasteiger partial charge in [0.15, 0.2) is 5.58 Å². The number of aryl methyl sites for hydroxylation is 1. The first kappa shape index (κ1) is 22.8. The van der Waals surface area contributed by atoms with Gasteiger partial charge in [-0.15, -0.1) is 0 Å². The first-order valence-electron chi connectivity index (χ1n) is 11.7. The first-order chi connectivity index (χ1) is 16.1. The Morgan fingerprint density at radius 3 is 2.41 bits per heavy atom. The molecule has 1 aliphatic heterocycles. The van der Waals surface area contributed by atoms with Crippen LogP contribution in [0.1, 0.15) is 56.7 Å². The van der Waals surface area contributed by atoms with Gasteiger partial charge in [-0.05, 0) is 66.1 Å². The van der Waals surface area contributed by atoms with Crippen LogP contribution in [0.15, 0.2) is 76.0 Å². The van der Waals surface area contributed by atoms with Gasteiger partial charge >= 0.3 is 0 Å². The maximum absolute atomic E-state index is 13.5. The van der Waals surface area contributed by atoms with Crippen molar-refractivity contribution in [3.05, 3.63) is 83.7 Å². The Bertz CT molecular complexity index is 1450. The van der Waals surface area contributed by atoms with Crippen molar-refractivity contribution >= 4 is 21.1 Å². The molecule has 0 spiro atoms. The van der Waals surface area contributed by atoms with Crippen LogP contribution in [-0.2, 0) is 15.4 Å². The lowest BCUT2D eigenvalue weighted by molar-refractivity contribution is 0.337. The number of nitrogens with zero attached hydrogens (tertiary/aromatic N) is 2. The molecular formula is C28H30N2O3S. The van der Waals surface area contributed by atoms with Crippen LogP contribution in [-0.4, -0.2) is 24.3 Å². The summed E-state index contributed by atoms with van der Waals surface area (Å²) < 4.78 is 34.7. The second-order valence-electron chi connectivity index (χ2n) is 10.2. The Morgan fingerprint density at radius 1 is 0.971 bits per heavy atom. The Hall–Kier alpha value is -2.96.